The molecule has 0 aliphatic rings. The Morgan fingerprint density at radius 2 is 2.06 bits per heavy atom. The van der Waals surface area contributed by atoms with Crippen LogP contribution in [0.2, 0.25) is 5.15 Å². The van der Waals surface area contributed by atoms with E-state index in [1.165, 1.54) is 0 Å². The third kappa shape index (κ3) is 3.09. The van der Waals surface area contributed by atoms with E-state index in [1.807, 2.05) is 30.3 Å². The summed E-state index contributed by atoms with van der Waals surface area (Å²) in [5, 5.41) is 0.490. The van der Waals surface area contributed by atoms with Gasteiger partial charge in [0, 0.05) is 6.20 Å². The van der Waals surface area contributed by atoms with E-state index in [0.717, 1.165) is 14.9 Å². The van der Waals surface area contributed by atoms with Crippen LogP contribution in [0.25, 0.3) is 0 Å². The topological polar surface area (TPSA) is 22.1 Å². The van der Waals surface area contributed by atoms with E-state index in [4.69, 9.17) is 16.3 Å². The van der Waals surface area contributed by atoms with Gasteiger partial charge in [0.1, 0.15) is 17.5 Å². The van der Waals surface area contributed by atoms with Gasteiger partial charge in [-0.15, -0.1) is 0 Å². The molecule has 0 N–H and O–H groups in total. The SMILES string of the molecule is Clc1cc(COc2ccccc2I)ccn1. The van der Waals surface area contributed by atoms with Crippen molar-refractivity contribution in [1.82, 2.24) is 4.98 Å². The summed E-state index contributed by atoms with van der Waals surface area (Å²) in [6, 6.07) is 11.6. The van der Waals surface area contributed by atoms with Gasteiger partial charge in [0.05, 0.1) is 3.57 Å². The molecule has 1 aromatic heterocycles. The zero-order valence-corrected chi connectivity index (χ0v) is 11.3. The van der Waals surface area contributed by atoms with Crippen LogP contribution >= 0.6 is 34.2 Å². The Kier molecular flexibility index (Phi) is 4.01. The predicted octanol–water partition coefficient (Wildman–Crippen LogP) is 3.92. The van der Waals surface area contributed by atoms with Gasteiger partial charge in [-0.3, -0.25) is 0 Å². The van der Waals surface area contributed by atoms with Crippen molar-refractivity contribution >= 4 is 34.2 Å². The second-order valence-corrected chi connectivity index (χ2v) is 4.76. The van der Waals surface area contributed by atoms with Crippen LogP contribution < -0.4 is 4.74 Å². The van der Waals surface area contributed by atoms with Crippen LogP contribution in [-0.2, 0) is 6.61 Å². The Balaban J connectivity index is 2.05. The number of ether oxygens (including phenoxy) is 1. The molecular weight excluding hydrogens is 336 g/mol. The molecule has 0 spiro atoms. The molecule has 1 aromatic carbocycles. The van der Waals surface area contributed by atoms with Gasteiger partial charge in [0.25, 0.3) is 0 Å². The standard InChI is InChI=1S/C12H9ClINO/c13-12-7-9(5-6-15-12)8-16-11-4-2-1-3-10(11)14/h1-7H,8H2. The van der Waals surface area contributed by atoms with Crippen LogP contribution in [0, 0.1) is 3.57 Å². The van der Waals surface area contributed by atoms with Crippen LogP contribution in [0.5, 0.6) is 5.75 Å². The lowest BCUT2D eigenvalue weighted by Crippen LogP contribution is -1.97. The number of aromatic nitrogens is 1. The number of rotatable bonds is 3. The highest BCUT2D eigenvalue weighted by atomic mass is 127. The van der Waals surface area contributed by atoms with Gasteiger partial charge in [-0.1, -0.05) is 23.7 Å². The van der Waals surface area contributed by atoms with Crippen molar-refractivity contribution < 1.29 is 4.74 Å². The summed E-state index contributed by atoms with van der Waals surface area (Å²) in [7, 11) is 0. The maximum absolute atomic E-state index is 5.79. The molecule has 4 heteroatoms. The second-order valence-electron chi connectivity index (χ2n) is 3.21. The first-order chi connectivity index (χ1) is 7.75. The molecule has 0 amide bonds. The van der Waals surface area contributed by atoms with Crippen LogP contribution in [0.1, 0.15) is 5.56 Å². The summed E-state index contributed by atoms with van der Waals surface area (Å²) in [6.45, 7) is 0.502. The van der Waals surface area contributed by atoms with E-state index in [0.29, 0.717) is 11.8 Å². The Morgan fingerprint density at radius 3 is 2.81 bits per heavy atom. The van der Waals surface area contributed by atoms with E-state index in [-0.39, 0.29) is 0 Å². The summed E-state index contributed by atoms with van der Waals surface area (Å²) >= 11 is 8.04. The normalized spacial score (nSPS) is 10.1. The fraction of sp³-hybridized carbons (Fsp3) is 0.0833. The van der Waals surface area contributed by atoms with Gasteiger partial charge in [-0.2, -0.15) is 0 Å². The molecule has 0 unspecified atom stereocenters. The average Bonchev–Trinajstić information content (AvgIpc) is 2.28. The van der Waals surface area contributed by atoms with Crippen LogP contribution in [-0.4, -0.2) is 4.98 Å². The average molecular weight is 346 g/mol. The first-order valence-corrected chi connectivity index (χ1v) is 6.19. The number of nitrogens with zero attached hydrogens (tertiary/aromatic N) is 1. The van der Waals surface area contributed by atoms with E-state index < -0.39 is 0 Å². The fourth-order valence-electron chi connectivity index (χ4n) is 1.26. The Labute approximate surface area is 113 Å². The van der Waals surface area contributed by atoms with Gasteiger partial charge < -0.3 is 4.74 Å². The number of halogens is 2. The van der Waals surface area contributed by atoms with Crippen molar-refractivity contribution in [3.8, 4) is 5.75 Å². The Morgan fingerprint density at radius 1 is 1.25 bits per heavy atom. The first-order valence-electron chi connectivity index (χ1n) is 4.73. The largest absolute Gasteiger partial charge is 0.488 e. The van der Waals surface area contributed by atoms with E-state index in [2.05, 4.69) is 27.6 Å². The van der Waals surface area contributed by atoms with Crippen molar-refractivity contribution in [3.63, 3.8) is 0 Å². The van der Waals surface area contributed by atoms with E-state index >= 15 is 0 Å². The number of pyridine rings is 1. The van der Waals surface area contributed by atoms with Crippen molar-refractivity contribution in [1.29, 1.82) is 0 Å². The van der Waals surface area contributed by atoms with Crippen molar-refractivity contribution in [2.75, 3.05) is 0 Å². The Bertz CT molecular complexity index is 490. The minimum atomic E-state index is 0.490. The summed E-state index contributed by atoms with van der Waals surface area (Å²) < 4.78 is 6.78. The fourth-order valence-corrected chi connectivity index (χ4v) is 1.99. The summed E-state index contributed by atoms with van der Waals surface area (Å²) in [4.78, 5) is 3.92. The van der Waals surface area contributed by atoms with Gasteiger partial charge >= 0.3 is 0 Å². The molecule has 0 bridgehead atoms. The molecule has 0 saturated heterocycles. The van der Waals surface area contributed by atoms with Gasteiger partial charge in [-0.05, 0) is 52.4 Å². The van der Waals surface area contributed by atoms with E-state index in [9.17, 15) is 0 Å². The van der Waals surface area contributed by atoms with Gasteiger partial charge in [0.15, 0.2) is 0 Å². The van der Waals surface area contributed by atoms with Gasteiger partial charge in [0.2, 0.25) is 0 Å². The maximum Gasteiger partial charge on any atom is 0.133 e. The minimum absolute atomic E-state index is 0.490. The van der Waals surface area contributed by atoms with Crippen molar-refractivity contribution in [2.24, 2.45) is 0 Å². The summed E-state index contributed by atoms with van der Waals surface area (Å²) in [5.74, 6) is 0.885. The molecule has 2 rings (SSSR count). The lowest BCUT2D eigenvalue weighted by atomic mass is 10.3. The molecule has 2 nitrogen and oxygen atoms in total. The number of hydrogen-bond donors (Lipinski definition) is 0. The van der Waals surface area contributed by atoms with Crippen LogP contribution in [0.15, 0.2) is 42.6 Å². The number of para-hydroxylation sites is 1. The van der Waals surface area contributed by atoms with E-state index in [1.54, 1.807) is 12.3 Å². The Hall–Kier alpha value is -0.810. The molecule has 82 valence electrons. The molecule has 0 aliphatic carbocycles. The third-order valence-corrected chi connectivity index (χ3v) is 3.12. The highest BCUT2D eigenvalue weighted by Gasteiger charge is 2.00. The molecule has 0 saturated carbocycles. The monoisotopic (exact) mass is 345 g/mol. The molecule has 16 heavy (non-hydrogen) atoms. The second kappa shape index (κ2) is 5.50. The first kappa shape index (κ1) is 11.7. The zero-order chi connectivity index (χ0) is 11.4. The quantitative estimate of drug-likeness (QED) is 0.621. The lowest BCUT2D eigenvalue weighted by Gasteiger charge is -2.07. The van der Waals surface area contributed by atoms with Gasteiger partial charge in [-0.25, -0.2) is 4.98 Å². The molecule has 0 aliphatic heterocycles. The molecule has 1 heterocycles. The summed E-state index contributed by atoms with van der Waals surface area (Å²) in [5.41, 5.74) is 1.01. The minimum Gasteiger partial charge on any atom is -0.488 e. The third-order valence-electron chi connectivity index (χ3n) is 2.02. The number of benzene rings is 1. The van der Waals surface area contributed by atoms with Crippen molar-refractivity contribution in [2.45, 2.75) is 6.61 Å². The molecule has 2 aromatic rings. The zero-order valence-electron chi connectivity index (χ0n) is 8.36. The van der Waals surface area contributed by atoms with Crippen LogP contribution in [0.3, 0.4) is 0 Å². The molecule has 0 atom stereocenters. The number of hydrogen-bond acceptors (Lipinski definition) is 2. The molecular formula is C12H9ClINO. The highest BCUT2D eigenvalue weighted by molar-refractivity contribution is 14.1. The van der Waals surface area contributed by atoms with Crippen molar-refractivity contribution in [3.05, 3.63) is 56.9 Å². The maximum atomic E-state index is 5.79. The summed E-state index contributed by atoms with van der Waals surface area (Å²) in [6.07, 6.45) is 1.68. The molecule has 0 fully saturated rings. The smallest absolute Gasteiger partial charge is 0.133 e. The highest BCUT2D eigenvalue weighted by Crippen LogP contribution is 2.21. The molecule has 0 radical (unpaired) electrons. The predicted molar refractivity (Wildman–Crippen MR) is 72.7 cm³/mol. The van der Waals surface area contributed by atoms with Crippen LogP contribution in [0.4, 0.5) is 0 Å². The lowest BCUT2D eigenvalue weighted by molar-refractivity contribution is 0.304.